The van der Waals surface area contributed by atoms with E-state index in [2.05, 4.69) is 6.92 Å². The number of phenolic OH excluding ortho intramolecular Hbond substituents is 2. The summed E-state index contributed by atoms with van der Waals surface area (Å²) in [6.45, 7) is 5.51. The summed E-state index contributed by atoms with van der Waals surface area (Å²) in [6.07, 6.45) is 4.28. The Hall–Kier alpha value is -1.75. The first-order valence-corrected chi connectivity index (χ1v) is 8.88. The Morgan fingerprint density at radius 1 is 1.20 bits per heavy atom. The Kier molecular flexibility index (Phi) is 8.23. The number of hydrogen-bond donors (Lipinski definition) is 2. The van der Waals surface area contributed by atoms with Gasteiger partial charge in [0.05, 0.1) is 23.6 Å². The number of esters is 1. The monoisotopic (exact) mass is 370 g/mol. The molecule has 0 heterocycles. The zero-order valence-corrected chi connectivity index (χ0v) is 16.0. The molecule has 2 unspecified atom stereocenters. The molecule has 5 nitrogen and oxygen atoms in total. The highest BCUT2D eigenvalue weighted by Gasteiger charge is 2.20. The average Bonchev–Trinajstić information content (AvgIpc) is 2.59. The smallest absolute Gasteiger partial charge is 0.308 e. The van der Waals surface area contributed by atoms with Crippen LogP contribution >= 0.6 is 11.6 Å². The second-order valence-corrected chi connectivity index (χ2v) is 7.02. The lowest BCUT2D eigenvalue weighted by molar-refractivity contribution is -0.145. The number of rotatable bonds is 9. The Labute approximate surface area is 154 Å². The van der Waals surface area contributed by atoms with Crippen LogP contribution in [0.2, 0.25) is 5.02 Å². The lowest BCUT2D eigenvalue weighted by Crippen LogP contribution is -2.12. The van der Waals surface area contributed by atoms with Crippen molar-refractivity contribution in [1.29, 1.82) is 0 Å². The number of phenols is 2. The molecule has 0 spiro atoms. The maximum atomic E-state index is 11.4. The fourth-order valence-corrected chi connectivity index (χ4v) is 3.10. The van der Waals surface area contributed by atoms with Crippen molar-refractivity contribution >= 4 is 23.9 Å². The first-order chi connectivity index (χ1) is 11.7. The largest absolute Gasteiger partial charge is 0.507 e. The summed E-state index contributed by atoms with van der Waals surface area (Å²) in [6, 6.07) is 0. The van der Waals surface area contributed by atoms with E-state index in [0.717, 1.165) is 25.7 Å². The van der Waals surface area contributed by atoms with Gasteiger partial charge in [-0.05, 0) is 37.7 Å². The third-order valence-corrected chi connectivity index (χ3v) is 5.17. The summed E-state index contributed by atoms with van der Waals surface area (Å²) in [5.41, 5.74) is 0.810. The van der Waals surface area contributed by atoms with E-state index in [9.17, 15) is 19.8 Å². The van der Waals surface area contributed by atoms with Crippen LogP contribution < -0.4 is 0 Å². The lowest BCUT2D eigenvalue weighted by Gasteiger charge is -2.16. The molecular weight excluding hydrogens is 344 g/mol. The molecule has 0 amide bonds. The number of ether oxygens (including phenoxy) is 1. The standard InChI is InChI=1S/C19H27ClO5/c1-11(6-5-7-12(2)19(24)25-4)8-9-14-17(22)15(10-21)13(3)16(20)18(14)23/h10-12,22-23H,5-9H2,1-4H3. The highest BCUT2D eigenvalue weighted by molar-refractivity contribution is 6.33. The van der Waals surface area contributed by atoms with E-state index in [1.807, 2.05) is 6.92 Å². The number of aromatic hydroxyl groups is 2. The van der Waals surface area contributed by atoms with Crippen molar-refractivity contribution in [2.45, 2.75) is 52.9 Å². The molecule has 6 heteroatoms. The van der Waals surface area contributed by atoms with Gasteiger partial charge in [0.1, 0.15) is 11.5 Å². The first-order valence-electron chi connectivity index (χ1n) is 8.50. The summed E-state index contributed by atoms with van der Waals surface area (Å²) in [5, 5.41) is 20.5. The topological polar surface area (TPSA) is 83.8 Å². The zero-order chi connectivity index (χ0) is 19.1. The fraction of sp³-hybridized carbons (Fsp3) is 0.579. The molecule has 0 saturated carbocycles. The van der Waals surface area contributed by atoms with E-state index in [1.165, 1.54) is 7.11 Å². The summed E-state index contributed by atoms with van der Waals surface area (Å²) < 4.78 is 4.71. The van der Waals surface area contributed by atoms with Gasteiger partial charge in [-0.25, -0.2) is 0 Å². The molecule has 2 N–H and O–H groups in total. The van der Waals surface area contributed by atoms with Crippen molar-refractivity contribution in [2.24, 2.45) is 11.8 Å². The van der Waals surface area contributed by atoms with Crippen LogP contribution in [0.15, 0.2) is 0 Å². The van der Waals surface area contributed by atoms with E-state index in [-0.39, 0.29) is 34.0 Å². The Bertz CT molecular complexity index is 627. The van der Waals surface area contributed by atoms with Gasteiger partial charge in [0.25, 0.3) is 0 Å². The van der Waals surface area contributed by atoms with E-state index in [1.54, 1.807) is 6.92 Å². The van der Waals surface area contributed by atoms with E-state index < -0.39 is 0 Å². The molecular formula is C19H27ClO5. The van der Waals surface area contributed by atoms with E-state index in [0.29, 0.717) is 29.8 Å². The van der Waals surface area contributed by atoms with Gasteiger partial charge in [0.2, 0.25) is 0 Å². The molecule has 0 saturated heterocycles. The van der Waals surface area contributed by atoms with Gasteiger partial charge < -0.3 is 14.9 Å². The van der Waals surface area contributed by atoms with Gasteiger partial charge >= 0.3 is 5.97 Å². The number of methoxy groups -OCH3 is 1. The summed E-state index contributed by atoms with van der Waals surface area (Å²) in [5.74, 6) is -0.326. The van der Waals surface area contributed by atoms with Crippen LogP contribution in [-0.2, 0) is 16.0 Å². The average molecular weight is 371 g/mol. The molecule has 1 aromatic carbocycles. The number of benzene rings is 1. The van der Waals surface area contributed by atoms with E-state index in [4.69, 9.17) is 16.3 Å². The first kappa shape index (κ1) is 21.3. The second-order valence-electron chi connectivity index (χ2n) is 6.65. The molecule has 1 rings (SSSR count). The lowest BCUT2D eigenvalue weighted by atomic mass is 9.92. The van der Waals surface area contributed by atoms with Crippen molar-refractivity contribution in [1.82, 2.24) is 0 Å². The van der Waals surface area contributed by atoms with Crippen LogP contribution in [-0.4, -0.2) is 29.6 Å². The van der Waals surface area contributed by atoms with Gasteiger partial charge in [-0.3, -0.25) is 9.59 Å². The highest BCUT2D eigenvalue weighted by atomic mass is 35.5. The molecule has 140 valence electrons. The molecule has 25 heavy (non-hydrogen) atoms. The number of carbonyl (C=O) groups is 2. The zero-order valence-electron chi connectivity index (χ0n) is 15.3. The Balaban J connectivity index is 2.65. The van der Waals surface area contributed by atoms with Crippen LogP contribution in [0.4, 0.5) is 0 Å². The predicted octanol–water partition coefficient (Wildman–Crippen LogP) is 4.42. The quantitative estimate of drug-likeness (QED) is 0.496. The van der Waals surface area contributed by atoms with Crippen LogP contribution in [0.3, 0.4) is 0 Å². The third kappa shape index (κ3) is 5.36. The molecule has 1 aromatic rings. The molecule has 0 aromatic heterocycles. The predicted molar refractivity (Wildman–Crippen MR) is 97.4 cm³/mol. The maximum Gasteiger partial charge on any atom is 0.308 e. The van der Waals surface area contributed by atoms with Gasteiger partial charge in [0.15, 0.2) is 6.29 Å². The molecule has 0 radical (unpaired) electrons. The molecule has 0 fully saturated rings. The van der Waals surface area contributed by atoms with Crippen molar-refractivity contribution < 1.29 is 24.5 Å². The summed E-state index contributed by atoms with van der Waals surface area (Å²) in [7, 11) is 1.39. The molecule has 2 atom stereocenters. The van der Waals surface area contributed by atoms with Crippen LogP contribution in [0, 0.1) is 18.8 Å². The Morgan fingerprint density at radius 2 is 1.84 bits per heavy atom. The van der Waals surface area contributed by atoms with Gasteiger partial charge in [-0.1, -0.05) is 38.3 Å². The summed E-state index contributed by atoms with van der Waals surface area (Å²) in [4.78, 5) is 22.5. The normalized spacial score (nSPS) is 13.3. The summed E-state index contributed by atoms with van der Waals surface area (Å²) >= 11 is 6.05. The number of carbonyl (C=O) groups excluding carboxylic acids is 2. The van der Waals surface area contributed by atoms with Crippen molar-refractivity contribution in [3.63, 3.8) is 0 Å². The van der Waals surface area contributed by atoms with Gasteiger partial charge in [-0.2, -0.15) is 0 Å². The van der Waals surface area contributed by atoms with Crippen LogP contribution in [0.1, 0.15) is 61.0 Å². The third-order valence-electron chi connectivity index (χ3n) is 4.71. The van der Waals surface area contributed by atoms with E-state index >= 15 is 0 Å². The SMILES string of the molecule is COC(=O)C(C)CCCC(C)CCc1c(O)c(Cl)c(C)c(C=O)c1O. The second kappa shape index (κ2) is 9.66. The fourth-order valence-electron chi connectivity index (χ4n) is 2.89. The maximum absolute atomic E-state index is 11.4. The number of halogens is 1. The van der Waals surface area contributed by atoms with Crippen molar-refractivity contribution in [2.75, 3.05) is 7.11 Å². The molecule has 0 aliphatic heterocycles. The van der Waals surface area contributed by atoms with Crippen molar-refractivity contribution in [3.8, 4) is 11.5 Å². The minimum atomic E-state index is -0.196. The molecule has 0 aliphatic carbocycles. The molecule has 0 bridgehead atoms. The van der Waals surface area contributed by atoms with Crippen LogP contribution in [0.25, 0.3) is 0 Å². The van der Waals surface area contributed by atoms with Crippen LogP contribution in [0.5, 0.6) is 11.5 Å². The number of aldehydes is 1. The van der Waals surface area contributed by atoms with Crippen molar-refractivity contribution in [3.05, 3.63) is 21.7 Å². The minimum absolute atomic E-state index is 0.106. The van der Waals surface area contributed by atoms with Gasteiger partial charge in [0, 0.05) is 5.56 Å². The minimum Gasteiger partial charge on any atom is -0.507 e. The highest BCUT2D eigenvalue weighted by Crippen LogP contribution is 2.41. The van der Waals surface area contributed by atoms with Gasteiger partial charge in [-0.15, -0.1) is 0 Å². The Morgan fingerprint density at radius 3 is 2.40 bits per heavy atom. The molecule has 0 aliphatic rings. The number of hydrogen-bond acceptors (Lipinski definition) is 5.